The summed E-state index contributed by atoms with van der Waals surface area (Å²) in [6, 6.07) is 9.17. The third-order valence-electron chi connectivity index (χ3n) is 4.40. The van der Waals surface area contributed by atoms with Crippen LogP contribution in [-0.2, 0) is 6.42 Å². The molecule has 0 amide bonds. The molecule has 0 N–H and O–H groups in total. The summed E-state index contributed by atoms with van der Waals surface area (Å²) in [5.74, 6) is 0. The molecule has 3 fully saturated rings. The first kappa shape index (κ1) is 11.6. The summed E-state index contributed by atoms with van der Waals surface area (Å²) in [6.07, 6.45) is -2.48. The first-order chi connectivity index (χ1) is 8.38. The molecule has 0 saturated heterocycles. The minimum atomic E-state index is -4.03. The average molecular weight is 251 g/mol. The first-order valence-corrected chi connectivity index (χ1v) is 5.94. The molecule has 3 aliphatic rings. The Balaban J connectivity index is 1.66. The van der Waals surface area contributed by atoms with E-state index in [0.29, 0.717) is 12.0 Å². The fourth-order valence-electron chi connectivity index (χ4n) is 3.62. The van der Waals surface area contributed by atoms with Crippen LogP contribution in [0.15, 0.2) is 24.3 Å². The lowest BCUT2D eigenvalue weighted by molar-refractivity contribution is -0.362. The smallest absolute Gasteiger partial charge is 0.192 e. The minimum Gasteiger partial charge on any atom is -0.192 e. The Morgan fingerprint density at radius 3 is 2.11 bits per heavy atom. The van der Waals surface area contributed by atoms with Gasteiger partial charge in [0, 0.05) is 0 Å². The van der Waals surface area contributed by atoms with Crippen LogP contribution in [0, 0.1) is 22.2 Å². The minimum absolute atomic E-state index is 0.121. The number of hydrogen-bond donors (Lipinski definition) is 0. The van der Waals surface area contributed by atoms with Gasteiger partial charge in [-0.3, -0.25) is 0 Å². The topological polar surface area (TPSA) is 23.8 Å². The van der Waals surface area contributed by atoms with E-state index in [1.54, 1.807) is 12.1 Å². The van der Waals surface area contributed by atoms with Crippen molar-refractivity contribution in [3.8, 4) is 6.07 Å². The summed E-state index contributed by atoms with van der Waals surface area (Å²) in [5.41, 5.74) is 0.135. The zero-order chi connectivity index (χ0) is 13.0. The quantitative estimate of drug-likeness (QED) is 0.783. The van der Waals surface area contributed by atoms with Crippen LogP contribution in [-0.4, -0.2) is 6.18 Å². The highest BCUT2D eigenvalue weighted by molar-refractivity contribution is 5.33. The second-order valence-corrected chi connectivity index (χ2v) is 5.79. The van der Waals surface area contributed by atoms with Crippen LogP contribution < -0.4 is 0 Å². The van der Waals surface area contributed by atoms with Crippen molar-refractivity contribution in [2.45, 2.75) is 31.9 Å². The number of halogens is 3. The van der Waals surface area contributed by atoms with Gasteiger partial charge >= 0.3 is 6.18 Å². The van der Waals surface area contributed by atoms with Gasteiger partial charge in [-0.05, 0) is 48.8 Å². The Hall–Kier alpha value is -1.50. The lowest BCUT2D eigenvalue weighted by Gasteiger charge is -2.71. The monoisotopic (exact) mass is 251 g/mol. The molecule has 0 aromatic heterocycles. The van der Waals surface area contributed by atoms with Gasteiger partial charge in [0.25, 0.3) is 0 Å². The molecule has 1 aromatic carbocycles. The van der Waals surface area contributed by atoms with Crippen molar-refractivity contribution in [1.29, 1.82) is 5.26 Å². The molecule has 1 nitrogen and oxygen atoms in total. The summed E-state index contributed by atoms with van der Waals surface area (Å²) >= 11 is 0. The normalized spacial score (nSPS) is 33.2. The number of benzene rings is 1. The van der Waals surface area contributed by atoms with E-state index in [9.17, 15) is 13.2 Å². The SMILES string of the molecule is N#Cc1ccc(CC23CC(C(F)(F)F)(C2)C3)cc1. The van der Waals surface area contributed by atoms with Crippen LogP contribution in [0.3, 0.4) is 0 Å². The van der Waals surface area contributed by atoms with E-state index in [4.69, 9.17) is 5.26 Å². The number of rotatable bonds is 2. The molecule has 0 unspecified atom stereocenters. The summed E-state index contributed by atoms with van der Waals surface area (Å²) < 4.78 is 38.1. The lowest BCUT2D eigenvalue weighted by atomic mass is 9.33. The molecule has 18 heavy (non-hydrogen) atoms. The van der Waals surface area contributed by atoms with E-state index in [2.05, 4.69) is 0 Å². The van der Waals surface area contributed by atoms with Gasteiger partial charge in [-0.1, -0.05) is 12.1 Å². The maximum absolute atomic E-state index is 12.7. The molecule has 0 radical (unpaired) electrons. The fraction of sp³-hybridized carbons (Fsp3) is 0.500. The second-order valence-electron chi connectivity index (χ2n) is 5.79. The molecule has 4 rings (SSSR count). The van der Waals surface area contributed by atoms with Gasteiger partial charge in [-0.15, -0.1) is 0 Å². The molecule has 0 heterocycles. The zero-order valence-corrected chi connectivity index (χ0v) is 9.72. The largest absolute Gasteiger partial charge is 0.394 e. The highest BCUT2D eigenvalue weighted by atomic mass is 19.4. The van der Waals surface area contributed by atoms with Crippen LogP contribution >= 0.6 is 0 Å². The average Bonchev–Trinajstić information content (AvgIpc) is 2.20. The molecule has 94 valence electrons. The summed E-state index contributed by atoms with van der Waals surface area (Å²) in [6.45, 7) is 0. The molecular formula is C14H12F3N. The molecule has 0 spiro atoms. The standard InChI is InChI=1S/C14H12F3N/c15-14(16,17)13-7-12(8-13,9-13)5-10-1-3-11(6-18)4-2-10/h1-4H,5,7-9H2. The van der Waals surface area contributed by atoms with E-state index in [-0.39, 0.29) is 24.7 Å². The summed E-state index contributed by atoms with van der Waals surface area (Å²) in [7, 11) is 0. The lowest BCUT2D eigenvalue weighted by Crippen LogP contribution is -2.68. The van der Waals surface area contributed by atoms with Crippen LogP contribution in [0.5, 0.6) is 0 Å². The third kappa shape index (κ3) is 1.46. The zero-order valence-electron chi connectivity index (χ0n) is 9.72. The van der Waals surface area contributed by atoms with Gasteiger partial charge in [0.1, 0.15) is 0 Å². The van der Waals surface area contributed by atoms with Crippen molar-refractivity contribution in [1.82, 2.24) is 0 Å². The molecule has 0 aliphatic heterocycles. The van der Waals surface area contributed by atoms with Gasteiger partial charge in [0.2, 0.25) is 0 Å². The van der Waals surface area contributed by atoms with E-state index in [1.807, 2.05) is 18.2 Å². The van der Waals surface area contributed by atoms with Crippen LogP contribution in [0.2, 0.25) is 0 Å². The molecule has 3 aliphatic carbocycles. The maximum atomic E-state index is 12.7. The number of nitrogens with zero attached hydrogens (tertiary/aromatic N) is 1. The van der Waals surface area contributed by atoms with Gasteiger partial charge in [0.05, 0.1) is 17.0 Å². The molecular weight excluding hydrogens is 239 g/mol. The molecule has 0 atom stereocenters. The molecule has 1 aromatic rings. The Morgan fingerprint density at radius 1 is 1.11 bits per heavy atom. The number of nitriles is 1. The van der Waals surface area contributed by atoms with E-state index >= 15 is 0 Å². The second kappa shape index (κ2) is 3.28. The van der Waals surface area contributed by atoms with Gasteiger partial charge in [-0.2, -0.15) is 18.4 Å². The summed E-state index contributed by atoms with van der Waals surface area (Å²) in [4.78, 5) is 0. The van der Waals surface area contributed by atoms with Gasteiger partial charge < -0.3 is 0 Å². The highest BCUT2D eigenvalue weighted by Crippen LogP contribution is 2.79. The van der Waals surface area contributed by atoms with Crippen LogP contribution in [0.25, 0.3) is 0 Å². The van der Waals surface area contributed by atoms with Crippen molar-refractivity contribution in [3.05, 3.63) is 35.4 Å². The Morgan fingerprint density at radius 2 is 1.67 bits per heavy atom. The van der Waals surface area contributed by atoms with Crippen LogP contribution in [0.4, 0.5) is 13.2 Å². The maximum Gasteiger partial charge on any atom is 0.394 e. The molecule has 2 bridgehead atoms. The Bertz CT molecular complexity index is 502. The van der Waals surface area contributed by atoms with Crippen molar-refractivity contribution in [3.63, 3.8) is 0 Å². The predicted molar refractivity (Wildman–Crippen MR) is 59.6 cm³/mol. The van der Waals surface area contributed by atoms with E-state index in [0.717, 1.165) is 5.56 Å². The Kier molecular flexibility index (Phi) is 2.11. The van der Waals surface area contributed by atoms with Gasteiger partial charge in [0.15, 0.2) is 0 Å². The van der Waals surface area contributed by atoms with Crippen molar-refractivity contribution in [2.24, 2.45) is 10.8 Å². The van der Waals surface area contributed by atoms with Gasteiger partial charge in [-0.25, -0.2) is 0 Å². The third-order valence-corrected chi connectivity index (χ3v) is 4.40. The highest BCUT2D eigenvalue weighted by Gasteiger charge is 2.77. The molecule has 4 heteroatoms. The number of alkyl halides is 3. The summed E-state index contributed by atoms with van der Waals surface area (Å²) in [5, 5.41) is 8.67. The van der Waals surface area contributed by atoms with Crippen LogP contribution in [0.1, 0.15) is 30.4 Å². The molecule has 3 saturated carbocycles. The predicted octanol–water partition coefficient (Wildman–Crippen LogP) is 3.83. The Labute approximate surface area is 103 Å². The van der Waals surface area contributed by atoms with Crippen molar-refractivity contribution >= 4 is 0 Å². The van der Waals surface area contributed by atoms with E-state index in [1.165, 1.54) is 0 Å². The first-order valence-electron chi connectivity index (χ1n) is 5.94. The van der Waals surface area contributed by atoms with E-state index < -0.39 is 11.6 Å². The van der Waals surface area contributed by atoms with Crippen molar-refractivity contribution in [2.75, 3.05) is 0 Å². The number of hydrogen-bond acceptors (Lipinski definition) is 1. The van der Waals surface area contributed by atoms with Crippen molar-refractivity contribution < 1.29 is 13.2 Å². The fourth-order valence-corrected chi connectivity index (χ4v) is 3.62.